The van der Waals surface area contributed by atoms with Gasteiger partial charge < -0.3 is 28.6 Å². The van der Waals surface area contributed by atoms with Gasteiger partial charge in [-0.05, 0) is 12.8 Å². The standard InChI is InChI=1S/C32H63O6P.C8H20NO6P/c1-3-5-7-9-11-13-15-17-19-21-23-25-27-29-31(33)37-39(35,36)38-32(34)30-28-26-24-22-20-18-16-14-12-10-8-6-4-2;1-9(2,3)4-5-14-16(12,13)15-7-8(11)6-10/h3-30H2,1-2H3,(H,35,36);8,10-11H,4-7H2,1-3H3/p+1. The maximum atomic E-state index is 12.0. The monoisotopic (exact) mass is 833 g/mol. The zero-order chi connectivity index (χ0) is 41.7. The maximum absolute atomic E-state index is 12.0. The molecule has 0 radical (unpaired) electrons. The fourth-order valence-electron chi connectivity index (χ4n) is 5.64. The van der Waals surface area contributed by atoms with Crippen molar-refractivity contribution in [3.63, 3.8) is 0 Å². The number of hydrogen-bond donors (Lipinski definition) is 4. The molecule has 0 aliphatic carbocycles. The molecule has 0 aromatic rings. The first-order valence-electron chi connectivity index (χ1n) is 21.6. The highest BCUT2D eigenvalue weighted by Crippen LogP contribution is 2.44. The number of carbonyl (C=O) groups is 2. The highest BCUT2D eigenvalue weighted by Gasteiger charge is 2.30. The normalized spacial score (nSPS) is 13.5. The van der Waals surface area contributed by atoms with Gasteiger partial charge >= 0.3 is 27.6 Å². The summed E-state index contributed by atoms with van der Waals surface area (Å²) in [6.07, 6.45) is 30.1. The van der Waals surface area contributed by atoms with Gasteiger partial charge in [0.15, 0.2) is 0 Å². The number of unbranched alkanes of at least 4 members (excludes halogenated alkanes) is 24. The number of nitrogens with zero attached hydrogens (tertiary/aromatic N) is 1. The Morgan fingerprint density at radius 1 is 0.527 bits per heavy atom. The largest absolute Gasteiger partial charge is 0.589 e. The molecule has 0 rings (SSSR count). The van der Waals surface area contributed by atoms with Crippen molar-refractivity contribution < 1.29 is 61.3 Å². The molecule has 4 N–H and O–H groups in total. The summed E-state index contributed by atoms with van der Waals surface area (Å²) in [6.45, 7) is 4.15. The second kappa shape index (κ2) is 37.4. The summed E-state index contributed by atoms with van der Waals surface area (Å²) in [5, 5.41) is 17.4. The van der Waals surface area contributed by atoms with Gasteiger partial charge in [0, 0.05) is 12.8 Å². The predicted molar refractivity (Wildman–Crippen MR) is 220 cm³/mol. The molecule has 55 heavy (non-hydrogen) atoms. The summed E-state index contributed by atoms with van der Waals surface area (Å²) in [5.74, 6) is -1.56. The summed E-state index contributed by atoms with van der Waals surface area (Å²) in [7, 11) is -3.05. The van der Waals surface area contributed by atoms with Crippen molar-refractivity contribution >= 4 is 27.6 Å². The molecule has 0 amide bonds. The zero-order valence-corrected chi connectivity index (χ0v) is 37.4. The van der Waals surface area contributed by atoms with Gasteiger partial charge in [0.1, 0.15) is 19.3 Å². The van der Waals surface area contributed by atoms with E-state index in [1.165, 1.54) is 116 Å². The van der Waals surface area contributed by atoms with E-state index in [2.05, 4.69) is 31.9 Å². The Morgan fingerprint density at radius 2 is 0.836 bits per heavy atom. The minimum absolute atomic E-state index is 0.0682. The fourth-order valence-corrected chi connectivity index (χ4v) is 7.12. The van der Waals surface area contributed by atoms with E-state index in [1.807, 2.05) is 21.1 Å². The van der Waals surface area contributed by atoms with Crippen LogP contribution < -0.4 is 0 Å². The summed E-state index contributed by atoms with van der Waals surface area (Å²) in [6, 6.07) is 0. The molecule has 2 unspecified atom stereocenters. The Kier molecular flexibility index (Phi) is 38.2. The van der Waals surface area contributed by atoms with Crippen molar-refractivity contribution in [2.75, 3.05) is 47.5 Å². The molecule has 0 fully saturated rings. The van der Waals surface area contributed by atoms with Crippen LogP contribution in [0.15, 0.2) is 0 Å². The molecular formula is C40H84NO12P2+. The predicted octanol–water partition coefficient (Wildman–Crippen LogP) is 10.3. The van der Waals surface area contributed by atoms with E-state index in [9.17, 15) is 23.6 Å². The third-order valence-electron chi connectivity index (χ3n) is 9.06. The van der Waals surface area contributed by atoms with E-state index >= 15 is 0 Å². The quantitative estimate of drug-likeness (QED) is 0.0262. The average molecular weight is 833 g/mol. The summed E-state index contributed by atoms with van der Waals surface area (Å²) < 4.78 is 42.1. The summed E-state index contributed by atoms with van der Waals surface area (Å²) >= 11 is 0. The van der Waals surface area contributed by atoms with Gasteiger partial charge in [0.25, 0.3) is 0 Å². The molecule has 0 bridgehead atoms. The summed E-state index contributed by atoms with van der Waals surface area (Å²) in [4.78, 5) is 42.7. The molecular weight excluding hydrogens is 748 g/mol. The van der Waals surface area contributed by atoms with E-state index in [1.54, 1.807) is 0 Å². The Bertz CT molecular complexity index is 948. The van der Waals surface area contributed by atoms with Crippen molar-refractivity contribution in [2.24, 2.45) is 0 Å². The van der Waals surface area contributed by atoms with E-state index in [0.717, 1.165) is 38.5 Å². The van der Waals surface area contributed by atoms with E-state index in [0.29, 0.717) is 23.9 Å². The van der Waals surface area contributed by atoms with Gasteiger partial charge in [0.05, 0.1) is 34.4 Å². The van der Waals surface area contributed by atoms with Crippen LogP contribution in [0.5, 0.6) is 0 Å². The number of phosphoric ester groups is 2. The molecule has 0 aromatic carbocycles. The minimum Gasteiger partial charge on any atom is -0.394 e. The van der Waals surface area contributed by atoms with Crippen molar-refractivity contribution in [1.82, 2.24) is 0 Å². The highest BCUT2D eigenvalue weighted by atomic mass is 31.2. The third kappa shape index (κ3) is 45.7. The van der Waals surface area contributed by atoms with Crippen LogP contribution in [0.4, 0.5) is 0 Å². The van der Waals surface area contributed by atoms with Crippen molar-refractivity contribution in [1.29, 1.82) is 0 Å². The van der Waals surface area contributed by atoms with E-state index in [-0.39, 0.29) is 19.4 Å². The van der Waals surface area contributed by atoms with E-state index < -0.39 is 46.9 Å². The van der Waals surface area contributed by atoms with Crippen LogP contribution in [-0.2, 0) is 36.8 Å². The van der Waals surface area contributed by atoms with Crippen LogP contribution in [0, 0.1) is 0 Å². The van der Waals surface area contributed by atoms with Crippen LogP contribution in [0.3, 0.4) is 0 Å². The first kappa shape index (κ1) is 56.2. The smallest absolute Gasteiger partial charge is 0.394 e. The lowest BCUT2D eigenvalue weighted by atomic mass is 10.0. The van der Waals surface area contributed by atoms with E-state index in [4.69, 9.17) is 15.1 Å². The lowest BCUT2D eigenvalue weighted by Crippen LogP contribution is -2.37. The van der Waals surface area contributed by atoms with Gasteiger partial charge in [-0.1, -0.05) is 168 Å². The molecule has 13 nitrogen and oxygen atoms in total. The Morgan fingerprint density at radius 3 is 1.13 bits per heavy atom. The fraction of sp³-hybridized carbons (Fsp3) is 0.950. The number of hydrogen-bond acceptors (Lipinski definition) is 10. The number of quaternary nitrogens is 1. The molecule has 0 aliphatic rings. The van der Waals surface area contributed by atoms with Crippen LogP contribution >= 0.6 is 15.6 Å². The second-order valence-corrected chi connectivity index (χ2v) is 18.6. The number of likely N-dealkylation sites (N-methyl/N-ethyl adjacent to an activating group) is 1. The first-order valence-corrected chi connectivity index (χ1v) is 24.6. The van der Waals surface area contributed by atoms with Crippen molar-refractivity contribution in [3.8, 4) is 0 Å². The van der Waals surface area contributed by atoms with Crippen molar-refractivity contribution in [2.45, 2.75) is 200 Å². The maximum Gasteiger partial charge on any atom is 0.589 e. The van der Waals surface area contributed by atoms with Gasteiger partial charge in [0.2, 0.25) is 0 Å². The van der Waals surface area contributed by atoms with Gasteiger partial charge in [-0.15, -0.1) is 0 Å². The lowest BCUT2D eigenvalue weighted by Gasteiger charge is -2.24. The number of rotatable bonds is 38. The molecule has 0 saturated carbocycles. The molecule has 0 saturated heterocycles. The molecule has 15 heteroatoms. The van der Waals surface area contributed by atoms with Crippen LogP contribution in [0.2, 0.25) is 0 Å². The number of carbonyl (C=O) groups excluding carboxylic acids is 2. The molecule has 0 aromatic heterocycles. The Labute approximate surface area is 335 Å². The second-order valence-electron chi connectivity index (χ2n) is 15.8. The molecule has 0 aliphatic heterocycles. The molecule has 2 atom stereocenters. The van der Waals surface area contributed by atoms with Crippen LogP contribution in [0.1, 0.15) is 194 Å². The zero-order valence-electron chi connectivity index (χ0n) is 35.6. The number of phosphoric acid groups is 2. The molecule has 0 spiro atoms. The molecule has 0 heterocycles. The molecule has 330 valence electrons. The first-order chi connectivity index (χ1) is 26.1. The number of aliphatic hydroxyl groups excluding tert-OH is 2. The van der Waals surface area contributed by atoms with Crippen molar-refractivity contribution in [3.05, 3.63) is 0 Å². The Hall–Kier alpha value is -0.880. The van der Waals surface area contributed by atoms with Gasteiger partial charge in [-0.2, -0.15) is 0 Å². The lowest BCUT2D eigenvalue weighted by molar-refractivity contribution is -0.870. The third-order valence-corrected chi connectivity index (χ3v) is 10.9. The van der Waals surface area contributed by atoms with Crippen LogP contribution in [-0.4, -0.2) is 90.0 Å². The topological polar surface area (TPSA) is 186 Å². The average Bonchev–Trinajstić information content (AvgIpc) is 3.10. The highest BCUT2D eigenvalue weighted by molar-refractivity contribution is 7.48. The van der Waals surface area contributed by atoms with Gasteiger partial charge in [-0.3, -0.25) is 23.5 Å². The number of aliphatic hydroxyl groups is 2. The minimum atomic E-state index is -4.68. The Balaban J connectivity index is 0. The SMILES string of the molecule is CCCCCCCCCCCCCCCC(=O)OP(=O)(O)OC(=O)CCCCCCCCCCCCCCC.C[N+](C)(C)CCOP(=O)(O)OCC(O)CO. The summed E-state index contributed by atoms with van der Waals surface area (Å²) in [5.41, 5.74) is 0. The van der Waals surface area contributed by atoms with Gasteiger partial charge in [-0.25, -0.2) is 9.13 Å². The van der Waals surface area contributed by atoms with Crippen LogP contribution in [0.25, 0.3) is 0 Å².